The highest BCUT2D eigenvalue weighted by Crippen LogP contribution is 2.16. The number of likely N-dealkylation sites (tertiary alicyclic amines) is 1. The van der Waals surface area contributed by atoms with Crippen LogP contribution in [-0.2, 0) is 13.1 Å². The lowest BCUT2D eigenvalue weighted by Crippen LogP contribution is -2.42. The van der Waals surface area contributed by atoms with Gasteiger partial charge in [0.05, 0.1) is 6.54 Å². The van der Waals surface area contributed by atoms with Gasteiger partial charge in [-0.3, -0.25) is 0 Å². The fourth-order valence-corrected chi connectivity index (χ4v) is 2.71. The zero-order valence-electron chi connectivity index (χ0n) is 13.5. The summed E-state index contributed by atoms with van der Waals surface area (Å²) in [5.41, 5.74) is 8.75. The third kappa shape index (κ3) is 4.74. The Morgan fingerprint density at radius 2 is 1.86 bits per heavy atom. The molecule has 0 aliphatic carbocycles. The SMILES string of the molecule is CC1CCN(C(N)=NCc2ccccc2CN(C)C)CC1. The Hall–Kier alpha value is -1.55. The fraction of sp³-hybridized carbons (Fsp3) is 0.588. The molecule has 0 unspecified atom stereocenters. The number of guanidine groups is 1. The molecule has 4 heteroatoms. The Labute approximate surface area is 128 Å². The summed E-state index contributed by atoms with van der Waals surface area (Å²) in [4.78, 5) is 9.01. The summed E-state index contributed by atoms with van der Waals surface area (Å²) in [6.45, 7) is 5.99. The van der Waals surface area contributed by atoms with Crippen LogP contribution in [0.3, 0.4) is 0 Å². The van der Waals surface area contributed by atoms with Crippen molar-refractivity contribution in [2.45, 2.75) is 32.9 Å². The molecular formula is C17H28N4. The number of piperidine rings is 1. The van der Waals surface area contributed by atoms with E-state index >= 15 is 0 Å². The first-order valence-electron chi connectivity index (χ1n) is 7.82. The zero-order chi connectivity index (χ0) is 15.2. The Morgan fingerprint density at radius 1 is 1.24 bits per heavy atom. The molecule has 0 saturated carbocycles. The summed E-state index contributed by atoms with van der Waals surface area (Å²) in [6.07, 6.45) is 2.43. The second-order valence-electron chi connectivity index (χ2n) is 6.35. The predicted molar refractivity (Wildman–Crippen MR) is 89.1 cm³/mol. The molecule has 1 aliphatic rings. The number of benzene rings is 1. The highest BCUT2D eigenvalue weighted by molar-refractivity contribution is 5.78. The molecule has 1 aliphatic heterocycles. The number of nitrogens with zero attached hydrogens (tertiary/aromatic N) is 3. The minimum absolute atomic E-state index is 0.669. The van der Waals surface area contributed by atoms with Gasteiger partial charge in [0, 0.05) is 19.6 Å². The molecule has 2 N–H and O–H groups in total. The molecule has 1 fully saturated rings. The van der Waals surface area contributed by atoms with Gasteiger partial charge in [-0.1, -0.05) is 31.2 Å². The van der Waals surface area contributed by atoms with Gasteiger partial charge in [0.25, 0.3) is 0 Å². The van der Waals surface area contributed by atoms with E-state index < -0.39 is 0 Å². The van der Waals surface area contributed by atoms with Crippen molar-refractivity contribution in [2.24, 2.45) is 16.6 Å². The molecule has 4 nitrogen and oxygen atoms in total. The van der Waals surface area contributed by atoms with E-state index in [4.69, 9.17) is 5.73 Å². The van der Waals surface area contributed by atoms with Crippen LogP contribution in [0.15, 0.2) is 29.3 Å². The summed E-state index contributed by atoms with van der Waals surface area (Å²) >= 11 is 0. The molecule has 0 bridgehead atoms. The van der Waals surface area contributed by atoms with Crippen LogP contribution in [0.1, 0.15) is 30.9 Å². The molecule has 116 valence electrons. The Balaban J connectivity index is 1.99. The molecule has 1 aromatic carbocycles. The van der Waals surface area contributed by atoms with E-state index in [-0.39, 0.29) is 0 Å². The monoisotopic (exact) mass is 288 g/mol. The lowest BCUT2D eigenvalue weighted by molar-refractivity contribution is 0.277. The second kappa shape index (κ2) is 7.46. The maximum atomic E-state index is 6.16. The topological polar surface area (TPSA) is 44.9 Å². The molecule has 0 aromatic heterocycles. The smallest absolute Gasteiger partial charge is 0.191 e. The van der Waals surface area contributed by atoms with E-state index in [1.165, 1.54) is 24.0 Å². The van der Waals surface area contributed by atoms with Gasteiger partial charge in [0.15, 0.2) is 5.96 Å². The molecule has 0 amide bonds. The van der Waals surface area contributed by atoms with Crippen molar-refractivity contribution in [3.05, 3.63) is 35.4 Å². The van der Waals surface area contributed by atoms with Crippen molar-refractivity contribution in [3.8, 4) is 0 Å². The van der Waals surface area contributed by atoms with E-state index in [0.717, 1.165) is 25.6 Å². The number of rotatable bonds is 4. The molecule has 1 aromatic rings. The highest BCUT2D eigenvalue weighted by atomic mass is 15.3. The molecule has 21 heavy (non-hydrogen) atoms. The van der Waals surface area contributed by atoms with Crippen LogP contribution in [0.2, 0.25) is 0 Å². The van der Waals surface area contributed by atoms with E-state index in [1.54, 1.807) is 0 Å². The van der Waals surface area contributed by atoms with Crippen LogP contribution in [0.5, 0.6) is 0 Å². The van der Waals surface area contributed by atoms with Gasteiger partial charge in [-0.25, -0.2) is 4.99 Å². The number of nitrogens with two attached hydrogens (primary N) is 1. The summed E-state index contributed by atoms with van der Waals surface area (Å²) < 4.78 is 0. The molecule has 1 heterocycles. The van der Waals surface area contributed by atoms with Crippen molar-refractivity contribution in [2.75, 3.05) is 27.2 Å². The number of aliphatic imine (C=N–C) groups is 1. The molecule has 0 atom stereocenters. The van der Waals surface area contributed by atoms with Gasteiger partial charge in [0.2, 0.25) is 0 Å². The van der Waals surface area contributed by atoms with Crippen LogP contribution < -0.4 is 5.73 Å². The van der Waals surface area contributed by atoms with Gasteiger partial charge >= 0.3 is 0 Å². The van der Waals surface area contributed by atoms with Gasteiger partial charge in [-0.15, -0.1) is 0 Å². The Bertz CT molecular complexity index is 473. The minimum atomic E-state index is 0.669. The lowest BCUT2D eigenvalue weighted by Gasteiger charge is -2.31. The predicted octanol–water partition coefficient (Wildman–Crippen LogP) is 2.29. The van der Waals surface area contributed by atoms with E-state index in [0.29, 0.717) is 12.5 Å². The van der Waals surface area contributed by atoms with Gasteiger partial charge < -0.3 is 15.5 Å². The summed E-state index contributed by atoms with van der Waals surface area (Å²) in [6, 6.07) is 8.47. The first-order valence-corrected chi connectivity index (χ1v) is 7.82. The molecular weight excluding hydrogens is 260 g/mol. The van der Waals surface area contributed by atoms with E-state index in [2.05, 4.69) is 60.1 Å². The van der Waals surface area contributed by atoms with E-state index in [1.807, 2.05) is 0 Å². The normalized spacial score (nSPS) is 17.5. The van der Waals surface area contributed by atoms with Gasteiger partial charge in [-0.05, 0) is 44.0 Å². The van der Waals surface area contributed by atoms with E-state index in [9.17, 15) is 0 Å². The maximum Gasteiger partial charge on any atom is 0.191 e. The third-order valence-corrected chi connectivity index (χ3v) is 4.12. The average Bonchev–Trinajstić information content (AvgIpc) is 2.46. The van der Waals surface area contributed by atoms with Crippen molar-refractivity contribution < 1.29 is 0 Å². The number of hydrogen-bond donors (Lipinski definition) is 1. The fourth-order valence-electron chi connectivity index (χ4n) is 2.71. The van der Waals surface area contributed by atoms with Gasteiger partial charge in [0.1, 0.15) is 0 Å². The van der Waals surface area contributed by atoms with Crippen molar-refractivity contribution in [3.63, 3.8) is 0 Å². The van der Waals surface area contributed by atoms with Crippen LogP contribution >= 0.6 is 0 Å². The quantitative estimate of drug-likeness (QED) is 0.683. The average molecular weight is 288 g/mol. The molecule has 2 rings (SSSR count). The van der Waals surface area contributed by atoms with Crippen molar-refractivity contribution in [1.29, 1.82) is 0 Å². The lowest BCUT2D eigenvalue weighted by atomic mass is 10.00. The summed E-state index contributed by atoms with van der Waals surface area (Å²) in [5.74, 6) is 1.51. The Morgan fingerprint density at radius 3 is 2.48 bits per heavy atom. The number of hydrogen-bond acceptors (Lipinski definition) is 2. The highest BCUT2D eigenvalue weighted by Gasteiger charge is 2.16. The molecule has 0 spiro atoms. The second-order valence-corrected chi connectivity index (χ2v) is 6.35. The van der Waals surface area contributed by atoms with Gasteiger partial charge in [-0.2, -0.15) is 0 Å². The van der Waals surface area contributed by atoms with Crippen LogP contribution in [0.4, 0.5) is 0 Å². The minimum Gasteiger partial charge on any atom is -0.370 e. The molecule has 1 saturated heterocycles. The molecule has 0 radical (unpaired) electrons. The van der Waals surface area contributed by atoms with Crippen LogP contribution in [0.25, 0.3) is 0 Å². The first-order chi connectivity index (χ1) is 10.1. The van der Waals surface area contributed by atoms with Crippen molar-refractivity contribution in [1.82, 2.24) is 9.80 Å². The standard InChI is InChI=1S/C17H28N4/c1-14-8-10-21(11-9-14)17(18)19-12-15-6-4-5-7-16(15)13-20(2)3/h4-7,14H,8-13H2,1-3H3,(H2,18,19). The summed E-state index contributed by atoms with van der Waals surface area (Å²) in [5, 5.41) is 0. The third-order valence-electron chi connectivity index (χ3n) is 4.12. The summed E-state index contributed by atoms with van der Waals surface area (Å²) in [7, 11) is 4.17. The largest absolute Gasteiger partial charge is 0.370 e. The van der Waals surface area contributed by atoms with Crippen molar-refractivity contribution >= 4 is 5.96 Å². The maximum absolute atomic E-state index is 6.16. The van der Waals surface area contributed by atoms with Crippen LogP contribution in [0, 0.1) is 5.92 Å². The zero-order valence-corrected chi connectivity index (χ0v) is 13.5. The van der Waals surface area contributed by atoms with Crippen LogP contribution in [-0.4, -0.2) is 42.9 Å². The Kier molecular flexibility index (Phi) is 5.62. The first kappa shape index (κ1) is 15.8.